The van der Waals surface area contributed by atoms with Crippen molar-refractivity contribution in [2.24, 2.45) is 11.5 Å². The summed E-state index contributed by atoms with van der Waals surface area (Å²) in [4.78, 5) is 24.5. The van der Waals surface area contributed by atoms with Crippen molar-refractivity contribution in [2.75, 3.05) is 0 Å². The molecule has 0 spiro atoms. The minimum Gasteiger partial charge on any atom is -0.366 e. The van der Waals surface area contributed by atoms with Crippen molar-refractivity contribution in [3.8, 4) is 0 Å². The maximum atomic E-state index is 10.4. The van der Waals surface area contributed by atoms with Crippen LogP contribution in [0.5, 0.6) is 0 Å². The maximum absolute atomic E-state index is 10.4. The van der Waals surface area contributed by atoms with Crippen molar-refractivity contribution in [3.63, 3.8) is 0 Å². The first-order chi connectivity index (χ1) is 8.61. The van der Waals surface area contributed by atoms with Crippen molar-refractivity contribution >= 4 is 11.8 Å². The van der Waals surface area contributed by atoms with Gasteiger partial charge in [-0.1, -0.05) is 18.2 Å². The van der Waals surface area contributed by atoms with E-state index in [-0.39, 0.29) is 5.91 Å². The van der Waals surface area contributed by atoms with E-state index in [0.29, 0.717) is 11.1 Å². The highest BCUT2D eigenvalue weighted by molar-refractivity contribution is 5.92. The molecule has 18 heavy (non-hydrogen) atoms. The number of primary amides is 2. The number of carbonyl (C=O) groups excluding carboxylic acids is 2. The van der Waals surface area contributed by atoms with E-state index < -0.39 is 5.91 Å². The number of amides is 2. The van der Waals surface area contributed by atoms with E-state index in [2.05, 4.69) is 4.98 Å². The number of carbonyl (C=O) groups is 2. The molecular formula is C13H13N3O2. The second kappa shape index (κ2) is 6.80. The molecule has 5 nitrogen and oxygen atoms in total. The Morgan fingerprint density at radius 2 is 1.39 bits per heavy atom. The third-order valence-electron chi connectivity index (χ3n) is 2.00. The van der Waals surface area contributed by atoms with Crippen LogP contribution in [0, 0.1) is 0 Å². The van der Waals surface area contributed by atoms with E-state index in [9.17, 15) is 9.59 Å². The molecule has 0 saturated heterocycles. The Hall–Kier alpha value is -2.69. The molecule has 0 atom stereocenters. The van der Waals surface area contributed by atoms with Crippen LogP contribution in [0.2, 0.25) is 0 Å². The fraction of sp³-hybridized carbons (Fsp3) is 0. The van der Waals surface area contributed by atoms with Gasteiger partial charge in [0.15, 0.2) is 0 Å². The minimum absolute atomic E-state index is 0.379. The number of nitrogens with zero attached hydrogens (tertiary/aromatic N) is 1. The van der Waals surface area contributed by atoms with Gasteiger partial charge < -0.3 is 11.5 Å². The number of pyridine rings is 1. The highest BCUT2D eigenvalue weighted by Crippen LogP contribution is 1.94. The van der Waals surface area contributed by atoms with Crippen LogP contribution in [-0.4, -0.2) is 16.8 Å². The van der Waals surface area contributed by atoms with E-state index in [1.165, 1.54) is 6.20 Å². The minimum atomic E-state index is -0.442. The van der Waals surface area contributed by atoms with Gasteiger partial charge >= 0.3 is 0 Å². The summed E-state index contributed by atoms with van der Waals surface area (Å²) in [6.45, 7) is 0. The molecule has 4 N–H and O–H groups in total. The summed E-state index contributed by atoms with van der Waals surface area (Å²) in [6.07, 6.45) is 3.02. The molecule has 0 aliphatic rings. The number of rotatable bonds is 2. The van der Waals surface area contributed by atoms with Crippen LogP contribution >= 0.6 is 0 Å². The molecule has 5 heteroatoms. The molecule has 0 aliphatic carbocycles. The van der Waals surface area contributed by atoms with Gasteiger partial charge in [0, 0.05) is 18.0 Å². The first-order valence-corrected chi connectivity index (χ1v) is 5.16. The molecule has 1 aromatic heterocycles. The lowest BCUT2D eigenvalue weighted by Gasteiger charge is -1.89. The van der Waals surface area contributed by atoms with Gasteiger partial charge in [-0.2, -0.15) is 0 Å². The van der Waals surface area contributed by atoms with Gasteiger partial charge in [0.05, 0.1) is 5.56 Å². The lowest BCUT2D eigenvalue weighted by Crippen LogP contribution is -2.10. The topological polar surface area (TPSA) is 99.1 Å². The zero-order valence-electron chi connectivity index (χ0n) is 9.61. The summed E-state index contributed by atoms with van der Waals surface area (Å²) in [5.41, 5.74) is 10.9. The molecule has 1 heterocycles. The van der Waals surface area contributed by atoms with Crippen molar-refractivity contribution in [1.82, 2.24) is 4.98 Å². The number of benzene rings is 1. The number of nitrogens with two attached hydrogens (primary N) is 2. The molecule has 2 rings (SSSR count). The van der Waals surface area contributed by atoms with Gasteiger partial charge in [-0.05, 0) is 24.3 Å². The van der Waals surface area contributed by atoms with Crippen LogP contribution < -0.4 is 11.5 Å². The van der Waals surface area contributed by atoms with Crippen molar-refractivity contribution in [3.05, 3.63) is 66.0 Å². The summed E-state index contributed by atoms with van der Waals surface area (Å²) < 4.78 is 0. The summed E-state index contributed by atoms with van der Waals surface area (Å²) in [5, 5.41) is 0. The summed E-state index contributed by atoms with van der Waals surface area (Å²) in [7, 11) is 0. The Morgan fingerprint density at radius 3 is 1.72 bits per heavy atom. The zero-order chi connectivity index (χ0) is 13.4. The summed E-state index contributed by atoms with van der Waals surface area (Å²) >= 11 is 0. The number of hydrogen-bond donors (Lipinski definition) is 2. The predicted octanol–water partition coefficient (Wildman–Crippen LogP) is 0.966. The standard InChI is InChI=1S/C7H7NO.C6H6N2O/c8-7(9)6-4-2-1-3-5-6;7-6(9)5-2-1-3-8-4-5/h1-5H,(H2,8,9);1-4H,(H2,7,9). The van der Waals surface area contributed by atoms with E-state index in [4.69, 9.17) is 11.5 Å². The van der Waals surface area contributed by atoms with E-state index in [0.717, 1.165) is 0 Å². The van der Waals surface area contributed by atoms with Gasteiger partial charge in [0.2, 0.25) is 11.8 Å². The Bertz CT molecular complexity index is 463. The second-order valence-electron chi connectivity index (χ2n) is 3.34. The highest BCUT2D eigenvalue weighted by atomic mass is 16.1. The fourth-order valence-electron chi connectivity index (χ4n) is 1.11. The smallest absolute Gasteiger partial charge is 0.250 e. The molecule has 0 fully saturated rings. The first kappa shape index (κ1) is 13.4. The van der Waals surface area contributed by atoms with Crippen LogP contribution in [0.25, 0.3) is 0 Å². The average Bonchev–Trinajstić information content (AvgIpc) is 2.41. The van der Waals surface area contributed by atoms with Gasteiger partial charge in [-0.3, -0.25) is 14.6 Å². The van der Waals surface area contributed by atoms with Crippen LogP contribution in [0.1, 0.15) is 20.7 Å². The molecule has 92 valence electrons. The lowest BCUT2D eigenvalue weighted by molar-refractivity contribution is 0.0991. The number of aromatic nitrogens is 1. The third-order valence-corrected chi connectivity index (χ3v) is 2.00. The van der Waals surface area contributed by atoms with Crippen molar-refractivity contribution < 1.29 is 9.59 Å². The van der Waals surface area contributed by atoms with Gasteiger partial charge in [-0.25, -0.2) is 0 Å². The molecule has 0 aliphatic heterocycles. The zero-order valence-corrected chi connectivity index (χ0v) is 9.61. The monoisotopic (exact) mass is 243 g/mol. The van der Waals surface area contributed by atoms with Gasteiger partial charge in [-0.15, -0.1) is 0 Å². The molecule has 2 amide bonds. The second-order valence-corrected chi connectivity index (χ2v) is 3.34. The highest BCUT2D eigenvalue weighted by Gasteiger charge is 1.95. The van der Waals surface area contributed by atoms with Crippen LogP contribution in [0.3, 0.4) is 0 Å². The summed E-state index contributed by atoms with van der Waals surface area (Å²) in [5.74, 6) is -0.821. The van der Waals surface area contributed by atoms with Crippen LogP contribution in [0.15, 0.2) is 54.9 Å². The lowest BCUT2D eigenvalue weighted by atomic mass is 10.2. The SMILES string of the molecule is NC(=O)c1ccccc1.NC(=O)c1cccnc1. The first-order valence-electron chi connectivity index (χ1n) is 5.16. The largest absolute Gasteiger partial charge is 0.366 e. The van der Waals surface area contributed by atoms with Gasteiger partial charge in [0.1, 0.15) is 0 Å². The quantitative estimate of drug-likeness (QED) is 0.821. The fourth-order valence-corrected chi connectivity index (χ4v) is 1.11. The Balaban J connectivity index is 0.000000180. The van der Waals surface area contributed by atoms with Crippen LogP contribution in [-0.2, 0) is 0 Å². The van der Waals surface area contributed by atoms with E-state index in [1.54, 1.807) is 42.6 Å². The number of hydrogen-bond acceptors (Lipinski definition) is 3. The van der Waals surface area contributed by atoms with Crippen LogP contribution in [0.4, 0.5) is 0 Å². The Kier molecular flexibility index (Phi) is 5.05. The third kappa shape index (κ3) is 4.44. The van der Waals surface area contributed by atoms with E-state index >= 15 is 0 Å². The van der Waals surface area contributed by atoms with Crippen molar-refractivity contribution in [2.45, 2.75) is 0 Å². The normalized spacial score (nSPS) is 8.89. The molecule has 2 aromatic rings. The molecular weight excluding hydrogens is 230 g/mol. The molecule has 0 saturated carbocycles. The molecule has 1 aromatic carbocycles. The maximum Gasteiger partial charge on any atom is 0.250 e. The Morgan fingerprint density at radius 1 is 0.833 bits per heavy atom. The molecule has 0 bridgehead atoms. The predicted molar refractivity (Wildman–Crippen MR) is 67.7 cm³/mol. The van der Waals surface area contributed by atoms with Crippen molar-refractivity contribution in [1.29, 1.82) is 0 Å². The van der Waals surface area contributed by atoms with E-state index in [1.807, 2.05) is 6.07 Å². The molecule has 0 unspecified atom stereocenters. The summed E-state index contributed by atoms with van der Waals surface area (Å²) in [6, 6.07) is 12.0. The average molecular weight is 243 g/mol. The van der Waals surface area contributed by atoms with Gasteiger partial charge in [0.25, 0.3) is 0 Å². The molecule has 0 radical (unpaired) electrons. The Labute approximate surface area is 104 Å².